The van der Waals surface area contributed by atoms with Gasteiger partial charge in [0.05, 0.1) is 5.60 Å². The molecule has 1 fully saturated rings. The van der Waals surface area contributed by atoms with Crippen molar-refractivity contribution in [3.8, 4) is 0 Å². The summed E-state index contributed by atoms with van der Waals surface area (Å²) >= 11 is 0. The molecular weight excluding hydrogens is 198 g/mol. The molecule has 0 saturated heterocycles. The van der Waals surface area contributed by atoms with Crippen LogP contribution >= 0.6 is 0 Å². The molecule has 2 N–H and O–H groups in total. The number of ether oxygens (including phenoxy) is 1. The summed E-state index contributed by atoms with van der Waals surface area (Å²) in [5.41, 5.74) is 5.94. The molecule has 0 heterocycles. The van der Waals surface area contributed by atoms with Gasteiger partial charge in [-0.1, -0.05) is 33.1 Å². The molecule has 0 bridgehead atoms. The third kappa shape index (κ3) is 4.06. The highest BCUT2D eigenvalue weighted by Gasteiger charge is 2.34. The quantitative estimate of drug-likeness (QED) is 0.676. The van der Waals surface area contributed by atoms with Crippen LogP contribution in [0.25, 0.3) is 0 Å². The normalized spacial score (nSPS) is 30.6. The van der Waals surface area contributed by atoms with Crippen LogP contribution in [-0.4, -0.2) is 18.8 Å². The van der Waals surface area contributed by atoms with Crippen molar-refractivity contribution in [3.05, 3.63) is 0 Å². The van der Waals surface area contributed by atoms with Gasteiger partial charge in [0.25, 0.3) is 0 Å². The van der Waals surface area contributed by atoms with Gasteiger partial charge < -0.3 is 10.5 Å². The Morgan fingerprint density at radius 2 is 1.88 bits per heavy atom. The molecule has 0 aromatic heterocycles. The maximum absolute atomic E-state index is 6.06. The minimum absolute atomic E-state index is 0.0272. The Morgan fingerprint density at radius 1 is 1.19 bits per heavy atom. The summed E-state index contributed by atoms with van der Waals surface area (Å²) in [6, 6.07) is 0. The second-order valence-electron chi connectivity index (χ2n) is 5.32. The Bertz CT molecular complexity index is 174. The molecule has 0 atom stereocenters. The van der Waals surface area contributed by atoms with Crippen LogP contribution in [-0.2, 0) is 4.74 Å². The molecule has 1 rings (SSSR count). The van der Waals surface area contributed by atoms with E-state index in [4.69, 9.17) is 10.5 Å². The number of unbranched alkanes of at least 4 members (excludes halogenated alkanes) is 1. The topological polar surface area (TPSA) is 35.2 Å². The summed E-state index contributed by atoms with van der Waals surface area (Å²) in [6.07, 6.45) is 10.1. The molecule has 0 amide bonds. The third-order valence-corrected chi connectivity index (χ3v) is 3.99. The van der Waals surface area contributed by atoms with Crippen LogP contribution in [0.4, 0.5) is 0 Å². The summed E-state index contributed by atoms with van der Waals surface area (Å²) in [4.78, 5) is 0. The van der Waals surface area contributed by atoms with E-state index in [1.165, 1.54) is 51.4 Å². The molecule has 0 aromatic carbocycles. The Kier molecular flexibility index (Phi) is 6.37. The fraction of sp³-hybridized carbons (Fsp3) is 1.00. The van der Waals surface area contributed by atoms with Crippen LogP contribution in [0.3, 0.4) is 0 Å². The van der Waals surface area contributed by atoms with Crippen LogP contribution < -0.4 is 5.73 Å². The SMILES string of the molecule is CCCCOC1(CN)CCC(CCC)CC1. The minimum atomic E-state index is 0.0272. The average Bonchev–Trinajstić information content (AvgIpc) is 2.32. The molecule has 0 aromatic rings. The monoisotopic (exact) mass is 227 g/mol. The average molecular weight is 227 g/mol. The summed E-state index contributed by atoms with van der Waals surface area (Å²) in [6.45, 7) is 6.08. The Labute approximate surface area is 101 Å². The summed E-state index contributed by atoms with van der Waals surface area (Å²) in [5, 5.41) is 0. The van der Waals surface area contributed by atoms with Gasteiger partial charge in [0.15, 0.2) is 0 Å². The van der Waals surface area contributed by atoms with Crippen molar-refractivity contribution in [2.45, 2.75) is 70.8 Å². The van der Waals surface area contributed by atoms with Gasteiger partial charge >= 0.3 is 0 Å². The van der Waals surface area contributed by atoms with E-state index in [1.54, 1.807) is 0 Å². The molecule has 0 spiro atoms. The van der Waals surface area contributed by atoms with Gasteiger partial charge in [-0.3, -0.25) is 0 Å². The summed E-state index contributed by atoms with van der Waals surface area (Å²) in [5.74, 6) is 0.930. The molecular formula is C14H29NO. The van der Waals surface area contributed by atoms with Crippen LogP contribution in [0, 0.1) is 5.92 Å². The molecule has 0 unspecified atom stereocenters. The third-order valence-electron chi connectivity index (χ3n) is 3.99. The number of hydrogen-bond acceptors (Lipinski definition) is 2. The standard InChI is InChI=1S/C14H29NO/c1-3-5-11-16-14(12-15)9-7-13(6-4-2)8-10-14/h13H,3-12,15H2,1-2H3. The number of rotatable bonds is 7. The first-order valence-corrected chi connectivity index (χ1v) is 7.10. The van der Waals surface area contributed by atoms with Gasteiger partial charge in [-0.2, -0.15) is 0 Å². The van der Waals surface area contributed by atoms with E-state index >= 15 is 0 Å². The highest BCUT2D eigenvalue weighted by Crippen LogP contribution is 2.36. The second-order valence-corrected chi connectivity index (χ2v) is 5.32. The maximum atomic E-state index is 6.06. The molecule has 96 valence electrons. The lowest BCUT2D eigenvalue weighted by Crippen LogP contribution is -2.44. The van der Waals surface area contributed by atoms with Crippen LogP contribution in [0.2, 0.25) is 0 Å². The predicted molar refractivity (Wildman–Crippen MR) is 69.5 cm³/mol. The highest BCUT2D eigenvalue weighted by molar-refractivity contribution is 4.88. The zero-order valence-electron chi connectivity index (χ0n) is 11.1. The molecule has 1 aliphatic rings. The zero-order chi connectivity index (χ0) is 11.9. The highest BCUT2D eigenvalue weighted by atomic mass is 16.5. The van der Waals surface area contributed by atoms with Gasteiger partial charge in [-0.25, -0.2) is 0 Å². The van der Waals surface area contributed by atoms with Gasteiger partial charge in [-0.05, 0) is 38.0 Å². The minimum Gasteiger partial charge on any atom is -0.374 e. The molecule has 2 heteroatoms. The first-order valence-electron chi connectivity index (χ1n) is 7.10. The Balaban J connectivity index is 2.32. The van der Waals surface area contributed by atoms with Gasteiger partial charge in [0.1, 0.15) is 0 Å². The van der Waals surface area contributed by atoms with Gasteiger partial charge in [0.2, 0.25) is 0 Å². The lowest BCUT2D eigenvalue weighted by molar-refractivity contribution is -0.0726. The van der Waals surface area contributed by atoms with Crippen molar-refractivity contribution in [1.82, 2.24) is 0 Å². The van der Waals surface area contributed by atoms with Crippen molar-refractivity contribution >= 4 is 0 Å². The van der Waals surface area contributed by atoms with Crippen molar-refractivity contribution in [1.29, 1.82) is 0 Å². The first kappa shape index (κ1) is 14.0. The largest absolute Gasteiger partial charge is 0.374 e. The van der Waals surface area contributed by atoms with E-state index in [2.05, 4.69) is 13.8 Å². The van der Waals surface area contributed by atoms with E-state index in [-0.39, 0.29) is 5.60 Å². The Morgan fingerprint density at radius 3 is 2.38 bits per heavy atom. The molecule has 0 radical (unpaired) electrons. The van der Waals surface area contributed by atoms with Crippen molar-refractivity contribution in [3.63, 3.8) is 0 Å². The van der Waals surface area contributed by atoms with Crippen LogP contribution in [0.15, 0.2) is 0 Å². The van der Waals surface area contributed by atoms with E-state index in [0.29, 0.717) is 6.54 Å². The lowest BCUT2D eigenvalue weighted by Gasteiger charge is -2.39. The smallest absolute Gasteiger partial charge is 0.0804 e. The van der Waals surface area contributed by atoms with Crippen LogP contribution in [0.1, 0.15) is 65.2 Å². The van der Waals surface area contributed by atoms with E-state index in [0.717, 1.165) is 12.5 Å². The van der Waals surface area contributed by atoms with E-state index < -0.39 is 0 Å². The Hall–Kier alpha value is -0.0800. The molecule has 0 aliphatic heterocycles. The predicted octanol–water partition coefficient (Wildman–Crippen LogP) is 3.49. The fourth-order valence-corrected chi connectivity index (χ4v) is 2.74. The maximum Gasteiger partial charge on any atom is 0.0804 e. The lowest BCUT2D eigenvalue weighted by atomic mass is 9.77. The molecule has 16 heavy (non-hydrogen) atoms. The molecule has 1 aliphatic carbocycles. The van der Waals surface area contributed by atoms with Gasteiger partial charge in [0, 0.05) is 13.2 Å². The molecule has 1 saturated carbocycles. The number of nitrogens with two attached hydrogens (primary N) is 1. The van der Waals surface area contributed by atoms with Gasteiger partial charge in [-0.15, -0.1) is 0 Å². The first-order chi connectivity index (χ1) is 7.76. The van der Waals surface area contributed by atoms with Crippen LogP contribution in [0.5, 0.6) is 0 Å². The zero-order valence-corrected chi connectivity index (χ0v) is 11.1. The van der Waals surface area contributed by atoms with E-state index in [9.17, 15) is 0 Å². The second kappa shape index (κ2) is 7.29. The summed E-state index contributed by atoms with van der Waals surface area (Å²) < 4.78 is 6.06. The summed E-state index contributed by atoms with van der Waals surface area (Å²) in [7, 11) is 0. The van der Waals surface area contributed by atoms with Crippen molar-refractivity contribution < 1.29 is 4.74 Å². The number of hydrogen-bond donors (Lipinski definition) is 1. The fourth-order valence-electron chi connectivity index (χ4n) is 2.74. The van der Waals surface area contributed by atoms with E-state index in [1.807, 2.05) is 0 Å². The van der Waals surface area contributed by atoms with Crippen molar-refractivity contribution in [2.75, 3.05) is 13.2 Å². The molecule has 2 nitrogen and oxygen atoms in total. The van der Waals surface area contributed by atoms with Crippen molar-refractivity contribution in [2.24, 2.45) is 11.7 Å².